The highest BCUT2D eigenvalue weighted by molar-refractivity contribution is 5.93. The largest absolute Gasteiger partial charge is 0.456 e. The maximum Gasteiger partial charge on any atom is 0.456 e. The third-order valence-electron chi connectivity index (χ3n) is 12.2. The molecular formula is C37H42F5N3O2. The van der Waals surface area contributed by atoms with Gasteiger partial charge >= 0.3 is 12.1 Å². The predicted octanol–water partition coefficient (Wildman–Crippen LogP) is 7.23. The summed E-state index contributed by atoms with van der Waals surface area (Å²) >= 11 is 0. The average Bonchev–Trinajstić information content (AvgIpc) is 3.33. The number of halogens is 5. The molecule has 4 aliphatic carbocycles. The molecule has 5 atom stereocenters. The van der Waals surface area contributed by atoms with E-state index in [0.29, 0.717) is 25.7 Å². The van der Waals surface area contributed by atoms with Gasteiger partial charge in [0.1, 0.15) is 5.60 Å². The Morgan fingerprint density at radius 2 is 1.49 bits per heavy atom. The van der Waals surface area contributed by atoms with Gasteiger partial charge in [0.2, 0.25) is 0 Å². The van der Waals surface area contributed by atoms with E-state index in [0.717, 1.165) is 67.1 Å². The summed E-state index contributed by atoms with van der Waals surface area (Å²) < 4.78 is 72.1. The lowest BCUT2D eigenvalue weighted by molar-refractivity contribution is -0.362. The summed E-state index contributed by atoms with van der Waals surface area (Å²) in [6.07, 6.45) is 1.08. The number of ketones is 1. The van der Waals surface area contributed by atoms with Gasteiger partial charge in [-0.2, -0.15) is 22.0 Å². The minimum Gasteiger partial charge on any atom is -0.383 e. The SMILES string of the molecule is C[C@]12C[C@H](c3ccc(CN4CCN(Cc5ccncc5)CC4)cc3)C3=C4CCC(=O)C=C4CC[C@H]3[C@@H]1CC[C@]2(O)C(F)(F)C(F)(F)F. The van der Waals surface area contributed by atoms with Crippen LogP contribution in [0.25, 0.3) is 0 Å². The Labute approximate surface area is 272 Å². The third kappa shape index (κ3) is 5.48. The quantitative estimate of drug-likeness (QED) is 0.333. The van der Waals surface area contributed by atoms with E-state index in [2.05, 4.69) is 14.8 Å². The molecule has 2 aromatic rings. The summed E-state index contributed by atoms with van der Waals surface area (Å²) in [4.78, 5) is 21.2. The Morgan fingerprint density at radius 1 is 0.872 bits per heavy atom. The van der Waals surface area contributed by atoms with Crippen LogP contribution >= 0.6 is 0 Å². The Morgan fingerprint density at radius 3 is 2.11 bits per heavy atom. The highest BCUT2D eigenvalue weighted by Crippen LogP contribution is 2.70. The second kappa shape index (κ2) is 11.9. The molecule has 0 unspecified atom stereocenters. The molecule has 7 rings (SSSR count). The number of piperazine rings is 1. The van der Waals surface area contributed by atoms with Crippen molar-refractivity contribution in [2.45, 2.75) is 88.6 Å². The second-order valence-corrected chi connectivity index (χ2v) is 14.6. The fourth-order valence-electron chi connectivity index (χ4n) is 9.68. The van der Waals surface area contributed by atoms with Crippen LogP contribution in [0.2, 0.25) is 0 Å². The number of carbonyl (C=O) groups excluding carboxylic acids is 1. The van der Waals surface area contributed by atoms with E-state index < -0.39 is 41.4 Å². The van der Waals surface area contributed by atoms with Crippen LogP contribution in [0.3, 0.4) is 0 Å². The lowest BCUT2D eigenvalue weighted by Gasteiger charge is -2.56. The van der Waals surface area contributed by atoms with Crippen LogP contribution < -0.4 is 0 Å². The number of aromatic nitrogens is 1. The normalized spacial score (nSPS) is 32.1. The molecule has 0 bridgehead atoms. The van der Waals surface area contributed by atoms with Gasteiger partial charge in [-0.15, -0.1) is 0 Å². The predicted molar refractivity (Wildman–Crippen MR) is 167 cm³/mol. The molecule has 3 fully saturated rings. The van der Waals surface area contributed by atoms with Gasteiger partial charge in [0.05, 0.1) is 0 Å². The summed E-state index contributed by atoms with van der Waals surface area (Å²) in [6.45, 7) is 6.86. The number of allylic oxidation sites excluding steroid dienone is 4. The molecule has 1 aromatic heterocycles. The van der Waals surface area contributed by atoms with Crippen LogP contribution in [0.5, 0.6) is 0 Å². The molecule has 0 radical (unpaired) electrons. The molecule has 252 valence electrons. The van der Waals surface area contributed by atoms with E-state index in [-0.39, 0.29) is 24.5 Å². The smallest absolute Gasteiger partial charge is 0.383 e. The lowest BCUT2D eigenvalue weighted by Crippen LogP contribution is -2.65. The highest BCUT2D eigenvalue weighted by atomic mass is 19.4. The number of rotatable bonds is 6. The number of nitrogens with zero attached hydrogens (tertiary/aromatic N) is 3. The van der Waals surface area contributed by atoms with Crippen molar-refractivity contribution in [1.29, 1.82) is 0 Å². The van der Waals surface area contributed by atoms with Crippen molar-refractivity contribution < 1.29 is 31.9 Å². The average molecular weight is 656 g/mol. The van der Waals surface area contributed by atoms with E-state index in [1.165, 1.54) is 12.5 Å². The summed E-state index contributed by atoms with van der Waals surface area (Å²) in [5, 5.41) is 11.5. The van der Waals surface area contributed by atoms with Gasteiger partial charge in [0.25, 0.3) is 0 Å². The number of carbonyl (C=O) groups is 1. The molecule has 5 aliphatic rings. The number of hydrogen-bond donors (Lipinski definition) is 1. The first-order valence-corrected chi connectivity index (χ1v) is 16.9. The molecule has 1 saturated heterocycles. The van der Waals surface area contributed by atoms with Crippen molar-refractivity contribution in [3.05, 3.63) is 88.3 Å². The van der Waals surface area contributed by atoms with Crippen LogP contribution in [-0.2, 0) is 17.9 Å². The maximum absolute atomic E-state index is 15.3. The van der Waals surface area contributed by atoms with E-state index in [1.54, 1.807) is 6.08 Å². The highest BCUT2D eigenvalue weighted by Gasteiger charge is 2.79. The van der Waals surface area contributed by atoms with Crippen molar-refractivity contribution in [3.8, 4) is 0 Å². The number of fused-ring (bicyclic) bond motifs is 4. The number of alkyl halides is 5. The van der Waals surface area contributed by atoms with Gasteiger partial charge in [-0.25, -0.2) is 0 Å². The summed E-state index contributed by atoms with van der Waals surface area (Å²) in [6, 6.07) is 12.1. The van der Waals surface area contributed by atoms with E-state index in [9.17, 15) is 23.1 Å². The van der Waals surface area contributed by atoms with Crippen molar-refractivity contribution in [1.82, 2.24) is 14.8 Å². The lowest BCUT2D eigenvalue weighted by atomic mass is 9.50. The summed E-state index contributed by atoms with van der Waals surface area (Å²) in [5.41, 5.74) is 1.53. The van der Waals surface area contributed by atoms with Crippen LogP contribution in [-0.4, -0.2) is 69.6 Å². The van der Waals surface area contributed by atoms with Gasteiger partial charge in [0, 0.05) is 69.4 Å². The van der Waals surface area contributed by atoms with E-state index >= 15 is 8.78 Å². The van der Waals surface area contributed by atoms with Crippen LogP contribution in [0, 0.1) is 17.3 Å². The second-order valence-electron chi connectivity index (χ2n) is 14.6. The van der Waals surface area contributed by atoms with Crippen LogP contribution in [0.15, 0.2) is 71.6 Å². The maximum atomic E-state index is 15.3. The monoisotopic (exact) mass is 655 g/mol. The molecular weight excluding hydrogens is 613 g/mol. The minimum absolute atomic E-state index is 0.00478. The van der Waals surface area contributed by atoms with Crippen LogP contribution in [0.4, 0.5) is 22.0 Å². The first-order chi connectivity index (χ1) is 22.3. The standard InChI is InChI=1S/C37H42F5N3O2/c1-34-21-31(26-4-2-24(3-5-26)22-44-16-18-45(19-17-44)23-25-11-14-43-15-12-25)33-29-9-7-28(46)20-27(29)6-8-30(33)32(34)10-13-35(34,47)36(38,39)37(40,41)42/h2-5,11-12,14-15,20,30-32,47H,6-10,13,16-19,21-23H2,1H3/t30-,31+,32-,34-,35+/m0/s1. The summed E-state index contributed by atoms with van der Waals surface area (Å²) in [5.74, 6) is -6.31. The van der Waals surface area contributed by atoms with Gasteiger partial charge in [-0.05, 0) is 96.4 Å². The molecule has 2 saturated carbocycles. The Hall–Kier alpha value is -2.95. The van der Waals surface area contributed by atoms with Crippen LogP contribution in [0.1, 0.15) is 74.5 Å². The molecule has 1 aromatic carbocycles. The molecule has 47 heavy (non-hydrogen) atoms. The molecule has 2 heterocycles. The van der Waals surface area contributed by atoms with Crippen molar-refractivity contribution in [3.63, 3.8) is 0 Å². The Kier molecular flexibility index (Phi) is 8.24. The van der Waals surface area contributed by atoms with Crippen molar-refractivity contribution in [2.75, 3.05) is 26.2 Å². The fourth-order valence-corrected chi connectivity index (χ4v) is 9.68. The van der Waals surface area contributed by atoms with Crippen molar-refractivity contribution in [2.24, 2.45) is 17.3 Å². The van der Waals surface area contributed by atoms with Gasteiger partial charge in [-0.3, -0.25) is 19.6 Å². The number of hydrogen-bond acceptors (Lipinski definition) is 5. The zero-order valence-electron chi connectivity index (χ0n) is 26.7. The molecule has 0 amide bonds. The number of benzene rings is 1. The molecule has 1 aliphatic heterocycles. The Bertz CT molecular complexity index is 1560. The number of pyridine rings is 1. The van der Waals surface area contributed by atoms with E-state index in [4.69, 9.17) is 0 Å². The van der Waals surface area contributed by atoms with Crippen molar-refractivity contribution >= 4 is 5.78 Å². The molecule has 0 spiro atoms. The first-order valence-electron chi connectivity index (χ1n) is 16.9. The zero-order chi connectivity index (χ0) is 33.2. The van der Waals surface area contributed by atoms with Gasteiger partial charge < -0.3 is 5.11 Å². The van der Waals surface area contributed by atoms with E-state index in [1.807, 2.05) is 48.8 Å². The summed E-state index contributed by atoms with van der Waals surface area (Å²) in [7, 11) is 0. The first kappa shape index (κ1) is 32.6. The number of aliphatic hydroxyl groups is 1. The minimum atomic E-state index is -5.85. The zero-order valence-corrected chi connectivity index (χ0v) is 26.7. The van der Waals surface area contributed by atoms with Gasteiger partial charge in [-0.1, -0.05) is 36.8 Å². The molecule has 10 heteroatoms. The molecule has 1 N–H and O–H groups in total. The van der Waals surface area contributed by atoms with Gasteiger partial charge in [0.15, 0.2) is 5.78 Å². The molecule has 5 nitrogen and oxygen atoms in total. The third-order valence-corrected chi connectivity index (χ3v) is 12.2. The topological polar surface area (TPSA) is 56.7 Å². The Balaban J connectivity index is 1.15. The fraction of sp³-hybridized carbons (Fsp3) is 0.568.